The summed E-state index contributed by atoms with van der Waals surface area (Å²) in [5, 5.41) is 2.79. The monoisotopic (exact) mass is 380 g/mol. The maximum absolute atomic E-state index is 12.8. The van der Waals surface area contributed by atoms with E-state index in [0.29, 0.717) is 29.1 Å². The predicted molar refractivity (Wildman–Crippen MR) is 110 cm³/mol. The maximum Gasteiger partial charge on any atom is 0.282 e. The standard InChI is InChI=1S/C21H24N4O3/c1-14-9-10-18(28-12-11-24(2)3)16(13-14)23-20(26)19-21(27)25(4)17-8-6-5-7-15(17)22-19/h5-10,13H,11-12H2,1-4H3,(H,23,26). The van der Waals surface area contributed by atoms with Crippen molar-refractivity contribution in [2.75, 3.05) is 32.6 Å². The molecule has 0 radical (unpaired) electrons. The summed E-state index contributed by atoms with van der Waals surface area (Å²) in [6, 6.07) is 12.7. The van der Waals surface area contributed by atoms with E-state index in [2.05, 4.69) is 10.3 Å². The van der Waals surface area contributed by atoms with Crippen LogP contribution in [-0.2, 0) is 7.05 Å². The van der Waals surface area contributed by atoms with Crippen molar-refractivity contribution in [3.05, 3.63) is 64.1 Å². The molecule has 3 rings (SSSR count). The molecule has 7 heteroatoms. The molecule has 0 aliphatic heterocycles. The number of amides is 1. The van der Waals surface area contributed by atoms with Gasteiger partial charge in [-0.1, -0.05) is 18.2 Å². The van der Waals surface area contributed by atoms with Gasteiger partial charge in [0.15, 0.2) is 5.69 Å². The highest BCUT2D eigenvalue weighted by atomic mass is 16.5. The van der Waals surface area contributed by atoms with Crippen LogP contribution in [0.15, 0.2) is 47.3 Å². The molecule has 7 nitrogen and oxygen atoms in total. The minimum atomic E-state index is -0.561. The van der Waals surface area contributed by atoms with Gasteiger partial charge in [0.25, 0.3) is 11.5 Å². The molecule has 0 fully saturated rings. The summed E-state index contributed by atoms with van der Waals surface area (Å²) >= 11 is 0. The number of nitrogens with one attached hydrogen (secondary N) is 1. The third kappa shape index (κ3) is 4.20. The Morgan fingerprint density at radius 2 is 1.96 bits per heavy atom. The molecule has 1 amide bonds. The Labute approximate surface area is 163 Å². The predicted octanol–water partition coefficient (Wildman–Crippen LogP) is 2.43. The number of rotatable bonds is 6. The zero-order valence-electron chi connectivity index (χ0n) is 16.5. The van der Waals surface area contributed by atoms with Crippen molar-refractivity contribution in [2.24, 2.45) is 7.05 Å². The molecule has 146 valence electrons. The lowest BCUT2D eigenvalue weighted by Crippen LogP contribution is -2.30. The second-order valence-corrected chi connectivity index (χ2v) is 6.92. The summed E-state index contributed by atoms with van der Waals surface area (Å²) in [6.07, 6.45) is 0. The van der Waals surface area contributed by atoms with Crippen LogP contribution >= 0.6 is 0 Å². The molecule has 1 aromatic heterocycles. The van der Waals surface area contributed by atoms with Crippen molar-refractivity contribution in [3.63, 3.8) is 0 Å². The van der Waals surface area contributed by atoms with E-state index in [-0.39, 0.29) is 5.69 Å². The maximum atomic E-state index is 12.8. The Kier molecular flexibility index (Phi) is 5.75. The number of carbonyl (C=O) groups excluding carboxylic acids is 1. The fraction of sp³-hybridized carbons (Fsp3) is 0.286. The van der Waals surface area contributed by atoms with E-state index in [1.807, 2.05) is 56.3 Å². The third-order valence-corrected chi connectivity index (χ3v) is 4.38. The van der Waals surface area contributed by atoms with Gasteiger partial charge < -0.3 is 19.5 Å². The van der Waals surface area contributed by atoms with Crippen LogP contribution in [0.1, 0.15) is 16.1 Å². The number of carbonyl (C=O) groups is 1. The van der Waals surface area contributed by atoms with Gasteiger partial charge in [-0.25, -0.2) is 4.98 Å². The number of anilines is 1. The Morgan fingerprint density at radius 3 is 2.71 bits per heavy atom. The molecular formula is C21H24N4O3. The molecule has 1 N–H and O–H groups in total. The Balaban J connectivity index is 1.91. The smallest absolute Gasteiger partial charge is 0.282 e. The molecule has 0 unspecified atom stereocenters. The molecule has 0 spiro atoms. The molecule has 2 aromatic carbocycles. The fourth-order valence-electron chi connectivity index (χ4n) is 2.81. The molecule has 0 aliphatic rings. The number of aryl methyl sites for hydroxylation is 2. The van der Waals surface area contributed by atoms with Crippen LogP contribution in [0.3, 0.4) is 0 Å². The average molecular weight is 380 g/mol. The van der Waals surface area contributed by atoms with Crippen molar-refractivity contribution >= 4 is 22.6 Å². The first-order chi connectivity index (χ1) is 13.4. The summed E-state index contributed by atoms with van der Waals surface area (Å²) in [5.74, 6) is -0.00664. The van der Waals surface area contributed by atoms with Crippen molar-refractivity contribution < 1.29 is 9.53 Å². The van der Waals surface area contributed by atoms with Crippen molar-refractivity contribution in [1.29, 1.82) is 0 Å². The van der Waals surface area contributed by atoms with Gasteiger partial charge in [-0.3, -0.25) is 9.59 Å². The third-order valence-electron chi connectivity index (χ3n) is 4.38. The lowest BCUT2D eigenvalue weighted by molar-refractivity contribution is 0.102. The molecule has 1 heterocycles. The summed E-state index contributed by atoms with van der Waals surface area (Å²) in [5.41, 5.74) is 2.14. The molecule has 0 atom stereocenters. The molecule has 0 saturated carbocycles. The molecule has 0 bridgehead atoms. The highest BCUT2D eigenvalue weighted by molar-refractivity contribution is 6.04. The van der Waals surface area contributed by atoms with E-state index >= 15 is 0 Å². The van der Waals surface area contributed by atoms with Crippen LogP contribution in [0.5, 0.6) is 5.75 Å². The number of para-hydroxylation sites is 2. The number of likely N-dealkylation sites (N-methyl/N-ethyl adjacent to an activating group) is 1. The minimum Gasteiger partial charge on any atom is -0.490 e. The molecule has 3 aromatic rings. The number of nitrogens with zero attached hydrogens (tertiary/aromatic N) is 3. The minimum absolute atomic E-state index is 0.151. The second kappa shape index (κ2) is 8.22. The van der Waals surface area contributed by atoms with Crippen LogP contribution in [0.25, 0.3) is 11.0 Å². The number of hydrogen-bond donors (Lipinski definition) is 1. The normalized spacial score (nSPS) is 11.0. The summed E-state index contributed by atoms with van der Waals surface area (Å²) < 4.78 is 7.24. The van der Waals surface area contributed by atoms with Crippen LogP contribution in [0, 0.1) is 6.92 Å². The summed E-state index contributed by atoms with van der Waals surface area (Å²) in [6.45, 7) is 3.15. The van der Waals surface area contributed by atoms with Gasteiger partial charge in [-0.05, 0) is 50.8 Å². The van der Waals surface area contributed by atoms with E-state index in [4.69, 9.17) is 4.74 Å². The fourth-order valence-corrected chi connectivity index (χ4v) is 2.81. The van der Waals surface area contributed by atoms with Gasteiger partial charge in [0.05, 0.1) is 16.7 Å². The first kappa shape index (κ1) is 19.6. The largest absolute Gasteiger partial charge is 0.490 e. The van der Waals surface area contributed by atoms with Gasteiger partial charge in [0.2, 0.25) is 0 Å². The Hall–Kier alpha value is -3.19. The first-order valence-corrected chi connectivity index (χ1v) is 9.02. The van der Waals surface area contributed by atoms with Crippen LogP contribution in [0.2, 0.25) is 0 Å². The molecule has 0 saturated heterocycles. The van der Waals surface area contributed by atoms with Gasteiger partial charge in [0, 0.05) is 13.6 Å². The van der Waals surface area contributed by atoms with Crippen molar-refractivity contribution in [2.45, 2.75) is 6.92 Å². The van der Waals surface area contributed by atoms with Crippen LogP contribution < -0.4 is 15.6 Å². The van der Waals surface area contributed by atoms with Crippen molar-refractivity contribution in [1.82, 2.24) is 14.5 Å². The van der Waals surface area contributed by atoms with Gasteiger partial charge in [-0.15, -0.1) is 0 Å². The van der Waals surface area contributed by atoms with Gasteiger partial charge in [0.1, 0.15) is 12.4 Å². The second-order valence-electron chi connectivity index (χ2n) is 6.92. The number of aromatic nitrogens is 2. The first-order valence-electron chi connectivity index (χ1n) is 9.02. The number of hydrogen-bond acceptors (Lipinski definition) is 5. The Bertz CT molecular complexity index is 1070. The van der Waals surface area contributed by atoms with Gasteiger partial charge >= 0.3 is 0 Å². The van der Waals surface area contributed by atoms with Gasteiger partial charge in [-0.2, -0.15) is 0 Å². The molecule has 28 heavy (non-hydrogen) atoms. The van der Waals surface area contributed by atoms with Crippen molar-refractivity contribution in [3.8, 4) is 5.75 Å². The Morgan fingerprint density at radius 1 is 1.21 bits per heavy atom. The molecular weight excluding hydrogens is 356 g/mol. The van der Waals surface area contributed by atoms with E-state index in [1.165, 1.54) is 4.57 Å². The molecule has 0 aliphatic carbocycles. The van der Waals surface area contributed by atoms with E-state index in [1.54, 1.807) is 19.2 Å². The lowest BCUT2D eigenvalue weighted by Gasteiger charge is -2.15. The van der Waals surface area contributed by atoms with E-state index < -0.39 is 11.5 Å². The topological polar surface area (TPSA) is 76.5 Å². The highest BCUT2D eigenvalue weighted by Crippen LogP contribution is 2.26. The number of ether oxygens (including phenoxy) is 1. The SMILES string of the molecule is Cc1ccc(OCCN(C)C)c(NC(=O)c2nc3ccccc3n(C)c2=O)c1. The van der Waals surface area contributed by atoms with Crippen LogP contribution in [-0.4, -0.2) is 47.6 Å². The summed E-state index contributed by atoms with van der Waals surface area (Å²) in [7, 11) is 5.55. The van der Waals surface area contributed by atoms with Crippen LogP contribution in [0.4, 0.5) is 5.69 Å². The quantitative estimate of drug-likeness (QED) is 0.711. The zero-order chi connectivity index (χ0) is 20.3. The van der Waals surface area contributed by atoms with E-state index in [9.17, 15) is 9.59 Å². The van der Waals surface area contributed by atoms with E-state index in [0.717, 1.165) is 12.1 Å². The zero-order valence-corrected chi connectivity index (χ0v) is 16.5. The highest BCUT2D eigenvalue weighted by Gasteiger charge is 2.18. The number of benzene rings is 2. The number of fused-ring (bicyclic) bond motifs is 1. The lowest BCUT2D eigenvalue weighted by atomic mass is 10.2. The average Bonchev–Trinajstić information content (AvgIpc) is 2.66. The summed E-state index contributed by atoms with van der Waals surface area (Å²) in [4.78, 5) is 31.7.